The molecule has 0 saturated heterocycles. The van der Waals surface area contributed by atoms with Gasteiger partial charge in [-0.1, -0.05) is 346 Å². The van der Waals surface area contributed by atoms with Crippen molar-refractivity contribution in [1.82, 2.24) is 0 Å². The molecule has 0 bridgehead atoms. The molecule has 0 aliphatic rings. The molecular weight excluding hydrogens is 997 g/mol. The Morgan fingerprint density at radius 1 is 0.247 bits per heavy atom. The molecule has 0 aliphatic carbocycles. The summed E-state index contributed by atoms with van der Waals surface area (Å²) in [5.41, 5.74) is 0. The van der Waals surface area contributed by atoms with Gasteiger partial charge in [-0.05, 0) is 77.0 Å². The molecule has 0 heterocycles. The Morgan fingerprint density at radius 2 is 0.444 bits per heavy atom. The van der Waals surface area contributed by atoms with Gasteiger partial charge in [0.05, 0.1) is 0 Å². The van der Waals surface area contributed by atoms with Gasteiger partial charge in [-0.3, -0.25) is 14.4 Å². The van der Waals surface area contributed by atoms with Crippen LogP contribution < -0.4 is 0 Å². The minimum atomic E-state index is -0.774. The average molecular weight is 1140 g/mol. The van der Waals surface area contributed by atoms with Crippen LogP contribution >= 0.6 is 0 Å². The van der Waals surface area contributed by atoms with E-state index in [0.717, 1.165) is 70.6 Å². The minimum Gasteiger partial charge on any atom is -0.462 e. The number of rotatable bonds is 68. The van der Waals surface area contributed by atoms with Crippen molar-refractivity contribution >= 4 is 17.9 Å². The highest BCUT2D eigenvalue weighted by molar-refractivity contribution is 5.71. The Morgan fingerprint density at radius 3 is 0.691 bits per heavy atom. The lowest BCUT2D eigenvalue weighted by molar-refractivity contribution is -0.167. The molecule has 0 amide bonds. The normalized spacial score (nSPS) is 12.2. The first kappa shape index (κ1) is 78.6. The fourth-order valence-corrected chi connectivity index (χ4v) is 11.1. The Hall–Kier alpha value is -2.37. The molecule has 0 aromatic heterocycles. The molecule has 0 aromatic carbocycles. The second-order valence-corrected chi connectivity index (χ2v) is 24.9. The molecule has 1 atom stereocenters. The lowest BCUT2D eigenvalue weighted by atomic mass is 10.0. The van der Waals surface area contributed by atoms with Crippen LogP contribution in [0.15, 0.2) is 36.5 Å². The lowest BCUT2D eigenvalue weighted by Crippen LogP contribution is -2.30. The van der Waals surface area contributed by atoms with Crippen molar-refractivity contribution in [1.29, 1.82) is 0 Å². The smallest absolute Gasteiger partial charge is 0.306 e. The van der Waals surface area contributed by atoms with E-state index < -0.39 is 6.10 Å². The van der Waals surface area contributed by atoms with Crippen molar-refractivity contribution in [3.05, 3.63) is 36.5 Å². The van der Waals surface area contributed by atoms with Crippen LogP contribution in [0.4, 0.5) is 0 Å². The van der Waals surface area contributed by atoms with E-state index in [2.05, 4.69) is 57.2 Å². The van der Waals surface area contributed by atoms with Crippen molar-refractivity contribution < 1.29 is 28.6 Å². The second kappa shape index (κ2) is 70.1. The van der Waals surface area contributed by atoms with E-state index in [1.165, 1.54) is 295 Å². The summed E-state index contributed by atoms with van der Waals surface area (Å²) in [5.74, 6) is -0.849. The summed E-state index contributed by atoms with van der Waals surface area (Å²) in [7, 11) is 0. The first-order chi connectivity index (χ1) is 40.0. The fraction of sp³-hybridized carbons (Fsp3) is 0.880. The number of allylic oxidation sites excluding steroid dienone is 6. The summed E-state index contributed by atoms with van der Waals surface area (Å²) >= 11 is 0. The van der Waals surface area contributed by atoms with E-state index in [4.69, 9.17) is 14.2 Å². The van der Waals surface area contributed by atoms with E-state index in [9.17, 15) is 14.4 Å². The van der Waals surface area contributed by atoms with Gasteiger partial charge in [0.25, 0.3) is 0 Å². The van der Waals surface area contributed by atoms with Crippen molar-refractivity contribution in [2.75, 3.05) is 13.2 Å². The van der Waals surface area contributed by atoms with Crippen LogP contribution in [0, 0.1) is 0 Å². The van der Waals surface area contributed by atoms with E-state index in [-0.39, 0.29) is 31.1 Å². The molecular formula is C75H140O6. The predicted molar refractivity (Wildman–Crippen MR) is 353 cm³/mol. The molecule has 6 heteroatoms. The Labute approximate surface area is 506 Å². The highest BCUT2D eigenvalue weighted by Gasteiger charge is 2.19. The molecule has 0 fully saturated rings. The van der Waals surface area contributed by atoms with Crippen LogP contribution in [-0.2, 0) is 28.6 Å². The summed E-state index contributed by atoms with van der Waals surface area (Å²) in [6.45, 7) is 6.69. The lowest BCUT2D eigenvalue weighted by Gasteiger charge is -2.18. The number of unbranched alkanes of at least 4 members (excludes halogenated alkanes) is 51. The van der Waals surface area contributed by atoms with Gasteiger partial charge in [0, 0.05) is 19.3 Å². The number of hydrogen-bond donors (Lipinski definition) is 0. The van der Waals surface area contributed by atoms with Crippen LogP contribution in [0.3, 0.4) is 0 Å². The highest BCUT2D eigenvalue weighted by Crippen LogP contribution is 2.19. The molecule has 0 aromatic rings. The van der Waals surface area contributed by atoms with Crippen LogP contribution in [0.2, 0.25) is 0 Å². The van der Waals surface area contributed by atoms with Gasteiger partial charge in [-0.2, -0.15) is 0 Å². The number of carbonyl (C=O) groups excluding carboxylic acids is 3. The van der Waals surface area contributed by atoms with Gasteiger partial charge in [0.2, 0.25) is 0 Å². The maximum atomic E-state index is 13.0. The average Bonchev–Trinajstić information content (AvgIpc) is 3.47. The molecule has 0 aliphatic heterocycles. The van der Waals surface area contributed by atoms with E-state index >= 15 is 0 Å². The summed E-state index contributed by atoms with van der Waals surface area (Å²) in [5, 5.41) is 0. The SMILES string of the molecule is CCCCCCC/C=C\C/C=C\CCCCCCCCCCCCCCCC(=O)OCC(COC(=O)CCCCCCC/C=C\CCCCCCC)OC(=O)CCCCCCCCCCCCCCCCCCCCCCCCCC. The van der Waals surface area contributed by atoms with Crippen LogP contribution in [0.5, 0.6) is 0 Å². The molecule has 81 heavy (non-hydrogen) atoms. The standard InChI is InChI=1S/C75H140O6/c1-4-7-10-13-16-19-22-25-28-30-32-34-36-38-40-41-43-45-47-50-53-56-59-62-65-68-74(77)80-71-72(70-79-73(76)67-64-61-58-55-52-49-27-24-21-18-15-12-9-6-3)81-75(78)69-66-63-60-57-54-51-48-46-44-42-39-37-35-33-31-29-26-23-20-17-14-11-8-5-2/h22,24-25,27,30,32,72H,4-21,23,26,28-29,31,33-71H2,1-3H3/b25-22-,27-24-,32-30-. The third-order valence-electron chi connectivity index (χ3n) is 16.6. The topological polar surface area (TPSA) is 78.9 Å². The summed E-state index contributed by atoms with van der Waals surface area (Å²) in [6.07, 6.45) is 87.5. The molecule has 0 spiro atoms. The number of ether oxygens (including phenoxy) is 3. The monoisotopic (exact) mass is 1140 g/mol. The molecule has 476 valence electrons. The third kappa shape index (κ3) is 68.3. The van der Waals surface area contributed by atoms with E-state index in [0.29, 0.717) is 19.3 Å². The highest BCUT2D eigenvalue weighted by atomic mass is 16.6. The predicted octanol–water partition coefficient (Wildman–Crippen LogP) is 25.1. The molecule has 0 N–H and O–H groups in total. The number of hydrogen-bond acceptors (Lipinski definition) is 6. The van der Waals surface area contributed by atoms with Crippen molar-refractivity contribution in [2.45, 2.75) is 412 Å². The Bertz CT molecular complexity index is 1350. The number of esters is 3. The van der Waals surface area contributed by atoms with Gasteiger partial charge < -0.3 is 14.2 Å². The Balaban J connectivity index is 4.24. The zero-order valence-electron chi connectivity index (χ0n) is 54.8. The molecule has 0 radical (unpaired) electrons. The second-order valence-electron chi connectivity index (χ2n) is 24.9. The van der Waals surface area contributed by atoms with Crippen LogP contribution in [0.25, 0.3) is 0 Å². The van der Waals surface area contributed by atoms with Gasteiger partial charge >= 0.3 is 17.9 Å². The molecule has 0 rings (SSSR count). The van der Waals surface area contributed by atoms with Gasteiger partial charge in [-0.25, -0.2) is 0 Å². The maximum absolute atomic E-state index is 13.0. The Kier molecular flexibility index (Phi) is 68.1. The van der Waals surface area contributed by atoms with Crippen molar-refractivity contribution in [3.63, 3.8) is 0 Å². The van der Waals surface area contributed by atoms with E-state index in [1.54, 1.807) is 0 Å². The zero-order valence-corrected chi connectivity index (χ0v) is 54.8. The first-order valence-electron chi connectivity index (χ1n) is 36.5. The van der Waals surface area contributed by atoms with Crippen LogP contribution in [-0.4, -0.2) is 37.2 Å². The largest absolute Gasteiger partial charge is 0.462 e. The maximum Gasteiger partial charge on any atom is 0.306 e. The van der Waals surface area contributed by atoms with Crippen molar-refractivity contribution in [3.8, 4) is 0 Å². The molecule has 0 saturated carbocycles. The zero-order chi connectivity index (χ0) is 58.5. The summed E-state index contributed by atoms with van der Waals surface area (Å²) in [6, 6.07) is 0. The molecule has 1 unspecified atom stereocenters. The fourth-order valence-electron chi connectivity index (χ4n) is 11.1. The third-order valence-corrected chi connectivity index (χ3v) is 16.6. The van der Waals surface area contributed by atoms with Gasteiger partial charge in [0.15, 0.2) is 6.10 Å². The van der Waals surface area contributed by atoms with E-state index in [1.807, 2.05) is 0 Å². The van der Waals surface area contributed by atoms with Crippen LogP contribution in [0.1, 0.15) is 406 Å². The summed E-state index contributed by atoms with van der Waals surface area (Å²) < 4.78 is 17.0. The first-order valence-corrected chi connectivity index (χ1v) is 36.5. The minimum absolute atomic E-state index is 0.0701. The van der Waals surface area contributed by atoms with Gasteiger partial charge in [0.1, 0.15) is 13.2 Å². The number of carbonyl (C=O) groups is 3. The van der Waals surface area contributed by atoms with Crippen molar-refractivity contribution in [2.24, 2.45) is 0 Å². The molecule has 6 nitrogen and oxygen atoms in total. The quantitative estimate of drug-likeness (QED) is 0.0261. The van der Waals surface area contributed by atoms with Gasteiger partial charge in [-0.15, -0.1) is 0 Å². The summed E-state index contributed by atoms with van der Waals surface area (Å²) in [4.78, 5) is 38.5.